The molecule has 0 saturated heterocycles. The van der Waals surface area contributed by atoms with Gasteiger partial charge in [0, 0.05) is 27.4 Å². The van der Waals surface area contributed by atoms with Crippen LogP contribution in [0, 0.1) is 0 Å². The van der Waals surface area contributed by atoms with Crippen molar-refractivity contribution in [1.82, 2.24) is 0 Å². The Labute approximate surface area is 177 Å². The average Bonchev–Trinajstić information content (AvgIpc) is 2.65. The predicted octanol–water partition coefficient (Wildman–Crippen LogP) is 3.66. The smallest absolute Gasteiger partial charge is 0.331 e. The van der Waals surface area contributed by atoms with Gasteiger partial charge in [0.15, 0.2) is 6.10 Å². The first-order valence-corrected chi connectivity index (χ1v) is 11.1. The van der Waals surface area contributed by atoms with Crippen LogP contribution in [0.3, 0.4) is 0 Å². The van der Waals surface area contributed by atoms with Crippen molar-refractivity contribution in [3.8, 4) is 5.75 Å². The second-order valence-electron chi connectivity index (χ2n) is 6.11. The van der Waals surface area contributed by atoms with E-state index in [0.717, 1.165) is 10.7 Å². The summed E-state index contributed by atoms with van der Waals surface area (Å²) >= 11 is 3.35. The largest absolute Gasteiger partial charge is 0.496 e. The summed E-state index contributed by atoms with van der Waals surface area (Å²) in [6.45, 7) is 1.47. The molecule has 2 aromatic carbocycles. The van der Waals surface area contributed by atoms with Gasteiger partial charge >= 0.3 is 5.97 Å². The summed E-state index contributed by atoms with van der Waals surface area (Å²) in [5, 5.41) is 0. The minimum absolute atomic E-state index is 0.294. The quantitative estimate of drug-likeness (QED) is 0.350. The lowest BCUT2D eigenvalue weighted by atomic mass is 10.1. The third kappa shape index (κ3) is 7.03. The number of methoxy groups -OCH3 is 1. The highest BCUT2D eigenvalue weighted by Gasteiger charge is 2.18. The molecule has 1 N–H and O–H groups in total. The van der Waals surface area contributed by atoms with Crippen LogP contribution in [0.2, 0.25) is 0 Å². The van der Waals surface area contributed by atoms with Gasteiger partial charge in [0.1, 0.15) is 5.75 Å². The van der Waals surface area contributed by atoms with Gasteiger partial charge in [0.05, 0.1) is 13.4 Å². The molecular weight excluding hydrogens is 462 g/mol. The van der Waals surface area contributed by atoms with Crippen LogP contribution in [0.15, 0.2) is 53.0 Å². The number of sulfonamides is 1. The first-order chi connectivity index (χ1) is 13.6. The third-order valence-electron chi connectivity index (χ3n) is 3.73. The molecule has 9 heteroatoms. The zero-order chi connectivity index (χ0) is 21.6. The van der Waals surface area contributed by atoms with Crippen LogP contribution >= 0.6 is 15.9 Å². The summed E-state index contributed by atoms with van der Waals surface area (Å²) in [6, 6.07) is 11.2. The first-order valence-electron chi connectivity index (χ1n) is 8.43. The Hall–Kier alpha value is -2.65. The maximum absolute atomic E-state index is 12.4. The minimum atomic E-state index is -3.40. The van der Waals surface area contributed by atoms with Crippen molar-refractivity contribution >= 4 is 49.5 Å². The average molecular weight is 482 g/mol. The number of carbonyl (C=O) groups excluding carboxylic acids is 2. The van der Waals surface area contributed by atoms with Crippen LogP contribution < -0.4 is 9.46 Å². The molecular formula is C20H20BrNO6S. The van der Waals surface area contributed by atoms with E-state index in [9.17, 15) is 18.0 Å². The van der Waals surface area contributed by atoms with Gasteiger partial charge in [-0.15, -0.1) is 0 Å². The molecule has 0 saturated carbocycles. The first kappa shape index (κ1) is 22.6. The Morgan fingerprint density at radius 1 is 1.14 bits per heavy atom. The molecule has 0 aliphatic heterocycles. The lowest BCUT2D eigenvalue weighted by Crippen LogP contribution is -2.23. The maximum Gasteiger partial charge on any atom is 0.331 e. The molecule has 0 aromatic heterocycles. The zero-order valence-corrected chi connectivity index (χ0v) is 18.4. The second kappa shape index (κ2) is 9.71. The Bertz CT molecular complexity index is 1030. The van der Waals surface area contributed by atoms with E-state index in [2.05, 4.69) is 20.7 Å². The van der Waals surface area contributed by atoms with E-state index < -0.39 is 27.9 Å². The highest BCUT2D eigenvalue weighted by atomic mass is 79.9. The number of anilines is 1. The second-order valence-corrected chi connectivity index (χ2v) is 8.78. The van der Waals surface area contributed by atoms with Crippen molar-refractivity contribution in [3.63, 3.8) is 0 Å². The van der Waals surface area contributed by atoms with Gasteiger partial charge in [0.25, 0.3) is 0 Å². The summed E-state index contributed by atoms with van der Waals surface area (Å²) in [6.07, 6.45) is 2.78. The molecule has 7 nitrogen and oxygen atoms in total. The van der Waals surface area contributed by atoms with E-state index in [0.29, 0.717) is 22.6 Å². The molecule has 154 valence electrons. The van der Waals surface area contributed by atoms with E-state index >= 15 is 0 Å². The van der Waals surface area contributed by atoms with Crippen molar-refractivity contribution in [3.05, 3.63) is 64.1 Å². The molecule has 0 amide bonds. The highest BCUT2D eigenvalue weighted by molar-refractivity contribution is 9.10. The normalized spacial score (nSPS) is 12.4. The zero-order valence-electron chi connectivity index (χ0n) is 16.0. The Morgan fingerprint density at radius 3 is 2.38 bits per heavy atom. The lowest BCUT2D eigenvalue weighted by Gasteiger charge is -2.11. The lowest BCUT2D eigenvalue weighted by molar-refractivity contribution is -0.140. The number of hydrogen-bond donors (Lipinski definition) is 1. The Kier molecular flexibility index (Phi) is 7.58. The Morgan fingerprint density at radius 2 is 1.79 bits per heavy atom. The summed E-state index contributed by atoms with van der Waals surface area (Å²) in [7, 11) is -1.88. The number of rotatable bonds is 8. The molecule has 1 atom stereocenters. The van der Waals surface area contributed by atoms with Gasteiger partial charge in [0.2, 0.25) is 15.8 Å². The fourth-order valence-corrected chi connectivity index (χ4v) is 3.35. The van der Waals surface area contributed by atoms with Gasteiger partial charge < -0.3 is 9.47 Å². The van der Waals surface area contributed by atoms with Gasteiger partial charge in [-0.25, -0.2) is 13.2 Å². The topological polar surface area (TPSA) is 98.8 Å². The fourth-order valence-electron chi connectivity index (χ4n) is 2.41. The van der Waals surface area contributed by atoms with Crippen molar-refractivity contribution in [2.75, 3.05) is 18.1 Å². The van der Waals surface area contributed by atoms with E-state index in [1.54, 1.807) is 12.1 Å². The highest BCUT2D eigenvalue weighted by Crippen LogP contribution is 2.24. The number of benzene rings is 2. The summed E-state index contributed by atoms with van der Waals surface area (Å²) < 4.78 is 36.0. The van der Waals surface area contributed by atoms with Crippen molar-refractivity contribution in [2.45, 2.75) is 13.0 Å². The maximum atomic E-state index is 12.4. The molecule has 2 aromatic rings. The summed E-state index contributed by atoms with van der Waals surface area (Å²) in [4.78, 5) is 24.5. The molecule has 29 heavy (non-hydrogen) atoms. The minimum Gasteiger partial charge on any atom is -0.496 e. The van der Waals surface area contributed by atoms with Gasteiger partial charge in [-0.05, 0) is 55.5 Å². The van der Waals surface area contributed by atoms with E-state index in [4.69, 9.17) is 9.47 Å². The molecule has 0 aliphatic carbocycles. The van der Waals surface area contributed by atoms with Crippen molar-refractivity contribution in [2.24, 2.45) is 0 Å². The number of carbonyl (C=O) groups is 2. The van der Waals surface area contributed by atoms with Crippen LogP contribution in [0.25, 0.3) is 6.08 Å². The molecule has 0 fully saturated rings. The summed E-state index contributed by atoms with van der Waals surface area (Å²) in [5.74, 6) is -0.495. The van der Waals surface area contributed by atoms with Crippen LogP contribution in [-0.4, -0.2) is 39.6 Å². The number of ether oxygens (including phenoxy) is 2. The van der Waals surface area contributed by atoms with Gasteiger partial charge in [-0.2, -0.15) is 0 Å². The van der Waals surface area contributed by atoms with E-state index in [1.165, 1.54) is 50.5 Å². The fraction of sp³-hybridized carbons (Fsp3) is 0.200. The SMILES string of the molecule is COc1ccc(Br)cc1/C=C/C(=O)OC(C)C(=O)c1ccc(NS(C)(=O)=O)cc1. The van der Waals surface area contributed by atoms with E-state index in [-0.39, 0.29) is 0 Å². The van der Waals surface area contributed by atoms with Crippen molar-refractivity contribution in [1.29, 1.82) is 0 Å². The van der Waals surface area contributed by atoms with Gasteiger partial charge in [-0.1, -0.05) is 15.9 Å². The van der Waals surface area contributed by atoms with Crippen LogP contribution in [-0.2, 0) is 19.6 Å². The molecule has 0 heterocycles. The molecule has 0 radical (unpaired) electrons. The monoisotopic (exact) mass is 481 g/mol. The number of ketones is 1. The molecule has 1 unspecified atom stereocenters. The molecule has 0 spiro atoms. The standard InChI is InChI=1S/C20H20BrNO6S/c1-13(20(24)14-4-8-17(9-5-14)22-29(3,25)26)28-19(23)11-6-15-12-16(21)7-10-18(15)27-2/h4-13,22H,1-3H3/b11-6+. The van der Waals surface area contributed by atoms with Crippen LogP contribution in [0.1, 0.15) is 22.8 Å². The number of hydrogen-bond acceptors (Lipinski definition) is 6. The molecule has 0 bridgehead atoms. The van der Waals surface area contributed by atoms with Gasteiger partial charge in [-0.3, -0.25) is 9.52 Å². The van der Waals surface area contributed by atoms with Crippen LogP contribution in [0.5, 0.6) is 5.75 Å². The number of esters is 1. The van der Waals surface area contributed by atoms with Crippen molar-refractivity contribution < 1.29 is 27.5 Å². The number of Topliss-reactive ketones (excluding diaryl/α,β-unsaturated/α-hetero) is 1. The number of halogens is 1. The Balaban J connectivity index is 2.02. The molecule has 2 rings (SSSR count). The predicted molar refractivity (Wildman–Crippen MR) is 115 cm³/mol. The number of nitrogens with one attached hydrogen (secondary N) is 1. The summed E-state index contributed by atoms with van der Waals surface area (Å²) in [5.41, 5.74) is 1.30. The third-order valence-corrected chi connectivity index (χ3v) is 4.83. The van der Waals surface area contributed by atoms with E-state index in [1.807, 2.05) is 6.07 Å². The van der Waals surface area contributed by atoms with Crippen LogP contribution in [0.4, 0.5) is 5.69 Å². The molecule has 0 aliphatic rings.